The van der Waals surface area contributed by atoms with Crippen molar-refractivity contribution in [3.63, 3.8) is 0 Å². The Kier molecular flexibility index (Phi) is 2.72. The topological polar surface area (TPSA) is 61.3 Å². The predicted molar refractivity (Wildman–Crippen MR) is 79.3 cm³/mol. The Hall–Kier alpha value is -2.68. The van der Waals surface area contributed by atoms with E-state index in [4.69, 9.17) is 16.2 Å². The molecule has 0 radical (unpaired) electrons. The highest BCUT2D eigenvalue weighted by molar-refractivity contribution is 5.97. The van der Waals surface area contributed by atoms with E-state index in [0.29, 0.717) is 0 Å². The Bertz CT molecular complexity index is 720. The summed E-state index contributed by atoms with van der Waals surface area (Å²) in [7, 11) is 0. The van der Waals surface area contributed by atoms with Crippen LogP contribution in [0.15, 0.2) is 60.7 Å². The Labute approximate surface area is 111 Å². The number of fused-ring (bicyclic) bond motifs is 1. The molecule has 94 valence electrons. The van der Waals surface area contributed by atoms with Crippen molar-refractivity contribution in [1.82, 2.24) is 0 Å². The zero-order valence-corrected chi connectivity index (χ0v) is 10.3. The van der Waals surface area contributed by atoms with Gasteiger partial charge in [-0.05, 0) is 36.4 Å². The van der Waals surface area contributed by atoms with E-state index in [1.54, 1.807) is 0 Å². The second-order valence-corrected chi connectivity index (χ2v) is 4.37. The van der Waals surface area contributed by atoms with Gasteiger partial charge in [0, 0.05) is 22.1 Å². The summed E-state index contributed by atoms with van der Waals surface area (Å²) in [6, 6.07) is 19.0. The molecular formula is C16H14N2O. The van der Waals surface area contributed by atoms with Crippen LogP contribution in [-0.4, -0.2) is 0 Å². The van der Waals surface area contributed by atoms with Crippen LogP contribution in [0.5, 0.6) is 11.5 Å². The van der Waals surface area contributed by atoms with Gasteiger partial charge in [-0.3, -0.25) is 0 Å². The van der Waals surface area contributed by atoms with Crippen molar-refractivity contribution in [2.75, 3.05) is 11.5 Å². The standard InChI is InChI=1S/C16H14N2O/c17-11-5-7-12(8-6-11)19-16-10-9-15(18)13-3-1-2-4-14(13)16/h1-10H,17-18H2. The van der Waals surface area contributed by atoms with Crippen LogP contribution in [0, 0.1) is 0 Å². The highest BCUT2D eigenvalue weighted by atomic mass is 16.5. The molecule has 0 atom stereocenters. The fourth-order valence-electron chi connectivity index (χ4n) is 2.05. The van der Waals surface area contributed by atoms with E-state index < -0.39 is 0 Å². The Morgan fingerprint density at radius 2 is 1.37 bits per heavy atom. The SMILES string of the molecule is Nc1ccc(Oc2ccc(N)c3ccccc23)cc1. The summed E-state index contributed by atoms with van der Waals surface area (Å²) in [5, 5.41) is 2.00. The van der Waals surface area contributed by atoms with Crippen molar-refractivity contribution < 1.29 is 4.74 Å². The molecule has 0 heterocycles. The molecule has 3 rings (SSSR count). The van der Waals surface area contributed by atoms with Gasteiger partial charge in [-0.1, -0.05) is 24.3 Å². The molecule has 3 heteroatoms. The lowest BCUT2D eigenvalue weighted by atomic mass is 10.1. The molecule has 4 N–H and O–H groups in total. The van der Waals surface area contributed by atoms with Gasteiger partial charge < -0.3 is 16.2 Å². The third-order valence-corrected chi connectivity index (χ3v) is 3.03. The molecule has 3 aromatic carbocycles. The molecule has 3 nitrogen and oxygen atoms in total. The molecule has 0 amide bonds. The van der Waals surface area contributed by atoms with Gasteiger partial charge in [0.05, 0.1) is 0 Å². The summed E-state index contributed by atoms with van der Waals surface area (Å²) in [4.78, 5) is 0. The van der Waals surface area contributed by atoms with Gasteiger partial charge in [0.1, 0.15) is 11.5 Å². The van der Waals surface area contributed by atoms with Gasteiger partial charge in [-0.15, -0.1) is 0 Å². The molecule has 3 aromatic rings. The van der Waals surface area contributed by atoms with Gasteiger partial charge >= 0.3 is 0 Å². The number of nitrogens with two attached hydrogens (primary N) is 2. The maximum atomic E-state index is 5.97. The summed E-state index contributed by atoms with van der Waals surface area (Å²) in [6.45, 7) is 0. The van der Waals surface area contributed by atoms with Crippen molar-refractivity contribution in [3.8, 4) is 11.5 Å². The molecule has 0 unspecified atom stereocenters. The first-order valence-electron chi connectivity index (χ1n) is 6.04. The third kappa shape index (κ3) is 2.18. The van der Waals surface area contributed by atoms with Crippen molar-refractivity contribution in [2.24, 2.45) is 0 Å². The van der Waals surface area contributed by atoms with Crippen molar-refractivity contribution >= 4 is 22.1 Å². The number of hydrogen-bond acceptors (Lipinski definition) is 3. The third-order valence-electron chi connectivity index (χ3n) is 3.03. The number of anilines is 2. The maximum Gasteiger partial charge on any atom is 0.135 e. The molecule has 0 aliphatic heterocycles. The van der Waals surface area contributed by atoms with E-state index in [0.717, 1.165) is 33.6 Å². The maximum absolute atomic E-state index is 5.97. The fourth-order valence-corrected chi connectivity index (χ4v) is 2.05. The predicted octanol–water partition coefficient (Wildman–Crippen LogP) is 3.80. The zero-order chi connectivity index (χ0) is 13.2. The van der Waals surface area contributed by atoms with Crippen LogP contribution >= 0.6 is 0 Å². The largest absolute Gasteiger partial charge is 0.457 e. The average Bonchev–Trinajstić information content (AvgIpc) is 2.45. The lowest BCUT2D eigenvalue weighted by Gasteiger charge is -2.10. The van der Waals surface area contributed by atoms with E-state index in [9.17, 15) is 0 Å². The van der Waals surface area contributed by atoms with Crippen LogP contribution in [0.25, 0.3) is 10.8 Å². The highest BCUT2D eigenvalue weighted by Crippen LogP contribution is 2.33. The Balaban J connectivity index is 2.06. The van der Waals surface area contributed by atoms with Crippen LogP contribution in [0.2, 0.25) is 0 Å². The number of ether oxygens (including phenoxy) is 1. The van der Waals surface area contributed by atoms with Crippen LogP contribution in [-0.2, 0) is 0 Å². The van der Waals surface area contributed by atoms with Crippen LogP contribution in [0.1, 0.15) is 0 Å². The lowest BCUT2D eigenvalue weighted by Crippen LogP contribution is -1.91. The number of benzene rings is 3. The molecule has 0 fully saturated rings. The number of hydrogen-bond donors (Lipinski definition) is 2. The minimum absolute atomic E-state index is 0.717. The van der Waals surface area contributed by atoms with Gasteiger partial charge in [-0.25, -0.2) is 0 Å². The summed E-state index contributed by atoms with van der Waals surface area (Å²) < 4.78 is 5.89. The molecule has 0 saturated heterocycles. The van der Waals surface area contributed by atoms with Crippen molar-refractivity contribution in [3.05, 3.63) is 60.7 Å². The molecule has 19 heavy (non-hydrogen) atoms. The van der Waals surface area contributed by atoms with Crippen molar-refractivity contribution in [2.45, 2.75) is 0 Å². The van der Waals surface area contributed by atoms with Crippen LogP contribution in [0.3, 0.4) is 0 Å². The van der Waals surface area contributed by atoms with E-state index in [2.05, 4.69) is 0 Å². The van der Waals surface area contributed by atoms with Gasteiger partial charge in [0.25, 0.3) is 0 Å². The summed E-state index contributed by atoms with van der Waals surface area (Å²) >= 11 is 0. The van der Waals surface area contributed by atoms with Gasteiger partial charge in [-0.2, -0.15) is 0 Å². The second-order valence-electron chi connectivity index (χ2n) is 4.37. The number of nitrogen functional groups attached to an aromatic ring is 2. The van der Waals surface area contributed by atoms with Crippen molar-refractivity contribution in [1.29, 1.82) is 0 Å². The first-order chi connectivity index (χ1) is 9.24. The fraction of sp³-hybridized carbons (Fsp3) is 0. The van der Waals surface area contributed by atoms with Gasteiger partial charge in [0.15, 0.2) is 0 Å². The molecule has 0 spiro atoms. The van der Waals surface area contributed by atoms with E-state index in [1.807, 2.05) is 60.7 Å². The van der Waals surface area contributed by atoms with E-state index >= 15 is 0 Å². The van der Waals surface area contributed by atoms with E-state index in [1.165, 1.54) is 0 Å². The minimum atomic E-state index is 0.717. The molecule has 0 bridgehead atoms. The molecule has 0 aromatic heterocycles. The van der Waals surface area contributed by atoms with Gasteiger partial charge in [0.2, 0.25) is 0 Å². The first-order valence-corrected chi connectivity index (χ1v) is 6.04. The molecular weight excluding hydrogens is 236 g/mol. The smallest absolute Gasteiger partial charge is 0.135 e. The summed E-state index contributed by atoms with van der Waals surface area (Å²) in [5.74, 6) is 1.54. The first kappa shape index (κ1) is 11.4. The minimum Gasteiger partial charge on any atom is -0.457 e. The summed E-state index contributed by atoms with van der Waals surface area (Å²) in [6.07, 6.45) is 0. The molecule has 0 aliphatic carbocycles. The highest BCUT2D eigenvalue weighted by Gasteiger charge is 2.05. The quantitative estimate of drug-likeness (QED) is 0.680. The average molecular weight is 250 g/mol. The normalized spacial score (nSPS) is 10.5. The van der Waals surface area contributed by atoms with E-state index in [-0.39, 0.29) is 0 Å². The molecule has 0 saturated carbocycles. The Morgan fingerprint density at radius 3 is 2.11 bits per heavy atom. The number of rotatable bonds is 2. The summed E-state index contributed by atoms with van der Waals surface area (Å²) in [5.41, 5.74) is 13.1. The van der Waals surface area contributed by atoms with Crippen LogP contribution < -0.4 is 16.2 Å². The molecule has 0 aliphatic rings. The monoisotopic (exact) mass is 250 g/mol. The Morgan fingerprint density at radius 1 is 0.684 bits per heavy atom. The lowest BCUT2D eigenvalue weighted by molar-refractivity contribution is 0.488. The zero-order valence-electron chi connectivity index (χ0n) is 10.3. The second kappa shape index (κ2) is 4.53. The van der Waals surface area contributed by atoms with Crippen LogP contribution in [0.4, 0.5) is 11.4 Å².